The van der Waals surface area contributed by atoms with Gasteiger partial charge in [0.05, 0.1) is 0 Å². The number of nitrogen functional groups attached to an aromatic ring is 1. The Bertz CT molecular complexity index is 627. The fourth-order valence-corrected chi connectivity index (χ4v) is 4.58. The highest BCUT2D eigenvalue weighted by molar-refractivity contribution is 6.66. The second-order valence-electron chi connectivity index (χ2n) is 6.80. The van der Waals surface area contributed by atoms with Crippen LogP contribution in [0.3, 0.4) is 0 Å². The topological polar surface area (TPSA) is 38.0 Å². The second-order valence-corrected chi connectivity index (χ2v) is 6.80. The van der Waals surface area contributed by atoms with E-state index in [0.29, 0.717) is 6.85 Å². The van der Waals surface area contributed by atoms with Crippen LogP contribution < -0.4 is 11.0 Å². The van der Waals surface area contributed by atoms with Crippen molar-refractivity contribution < 1.29 is 0 Å². The number of anilines is 2. The lowest BCUT2D eigenvalue weighted by molar-refractivity contribution is 0.445. The molecule has 0 amide bonds. The van der Waals surface area contributed by atoms with E-state index in [4.69, 9.17) is 5.73 Å². The summed E-state index contributed by atoms with van der Waals surface area (Å²) in [5.74, 6) is 1.72. The zero-order valence-corrected chi connectivity index (χ0v) is 12.5. The summed E-state index contributed by atoms with van der Waals surface area (Å²) in [5.41, 5.74) is 8.35. The molecular formula is C18H23BN2. The van der Waals surface area contributed by atoms with Gasteiger partial charge >= 0.3 is 0 Å². The first-order chi connectivity index (χ1) is 10.3. The van der Waals surface area contributed by atoms with Crippen molar-refractivity contribution in [2.75, 3.05) is 11.0 Å². The molecule has 0 unspecified atom stereocenters. The number of hydrogen-bond acceptors (Lipinski definition) is 2. The molecule has 0 radical (unpaired) electrons. The molecule has 0 spiro atoms. The van der Waals surface area contributed by atoms with Crippen LogP contribution in [0.4, 0.5) is 11.4 Å². The van der Waals surface area contributed by atoms with E-state index < -0.39 is 0 Å². The van der Waals surface area contributed by atoms with E-state index in [-0.39, 0.29) is 0 Å². The molecule has 3 N–H and O–H groups in total. The fraction of sp³-hybridized carbons (Fsp3) is 0.444. The predicted octanol–water partition coefficient (Wildman–Crippen LogP) is 4.93. The van der Waals surface area contributed by atoms with E-state index in [9.17, 15) is 0 Å². The van der Waals surface area contributed by atoms with Gasteiger partial charge in [0.2, 0.25) is 0 Å². The van der Waals surface area contributed by atoms with Crippen molar-refractivity contribution in [3.8, 4) is 0 Å². The van der Waals surface area contributed by atoms with E-state index in [0.717, 1.165) is 17.3 Å². The summed E-state index contributed by atoms with van der Waals surface area (Å²) in [7, 11) is 0. The molecule has 0 aromatic heterocycles. The molecule has 2 nitrogen and oxygen atoms in total. The Morgan fingerprint density at radius 1 is 0.905 bits per heavy atom. The molecule has 2 aromatic rings. The van der Waals surface area contributed by atoms with Gasteiger partial charge in [0.15, 0.2) is 0 Å². The summed E-state index contributed by atoms with van der Waals surface area (Å²) in [5, 5.41) is 6.32. The molecule has 0 saturated carbocycles. The Hall–Kier alpha value is -1.64. The second kappa shape index (κ2) is 5.29. The third kappa shape index (κ3) is 2.29. The fourth-order valence-electron chi connectivity index (χ4n) is 4.58. The lowest BCUT2D eigenvalue weighted by Gasteiger charge is -2.40. The van der Waals surface area contributed by atoms with Crippen molar-refractivity contribution in [2.45, 2.75) is 50.2 Å². The Kier molecular flexibility index (Phi) is 3.29. The van der Waals surface area contributed by atoms with E-state index in [1.54, 1.807) is 0 Å². The van der Waals surface area contributed by atoms with Gasteiger partial charge in [-0.1, -0.05) is 62.8 Å². The van der Waals surface area contributed by atoms with Crippen molar-refractivity contribution in [1.29, 1.82) is 0 Å². The summed E-state index contributed by atoms with van der Waals surface area (Å²) in [4.78, 5) is 0. The standard InChI is InChI=1S/C18H23BN2/c20-16-11-1-5-13-6-2-12-17(18(13)16)21-19-14-7-3-8-15(19)10-4-9-14/h1-2,5-6,11-12,14-15,21H,3-4,7-10,20H2. The Morgan fingerprint density at radius 3 is 2.19 bits per heavy atom. The van der Waals surface area contributed by atoms with Gasteiger partial charge in [-0.05, 0) is 29.2 Å². The van der Waals surface area contributed by atoms with Crippen LogP contribution in [0.5, 0.6) is 0 Å². The SMILES string of the molecule is Nc1cccc2cccc(NB3C4CCCC3CCC4)c12. The van der Waals surface area contributed by atoms with Crippen LogP contribution in [0.15, 0.2) is 36.4 Å². The first-order valence-corrected chi connectivity index (χ1v) is 8.37. The van der Waals surface area contributed by atoms with Crippen molar-refractivity contribution in [3.05, 3.63) is 36.4 Å². The van der Waals surface area contributed by atoms with Gasteiger partial charge in [0.1, 0.15) is 0 Å². The Morgan fingerprint density at radius 2 is 1.52 bits per heavy atom. The smallest absolute Gasteiger partial charge is 0.258 e. The molecule has 2 aliphatic heterocycles. The van der Waals surface area contributed by atoms with Crippen LogP contribution in [0.2, 0.25) is 11.6 Å². The van der Waals surface area contributed by atoms with Gasteiger partial charge in [-0.3, -0.25) is 0 Å². The minimum atomic E-state index is 0.651. The normalized spacial score (nSPS) is 25.0. The number of hydrogen-bond donors (Lipinski definition) is 2. The average molecular weight is 278 g/mol. The summed E-state index contributed by atoms with van der Waals surface area (Å²) in [6.07, 6.45) is 8.43. The number of nitrogens with two attached hydrogens (primary N) is 1. The molecule has 108 valence electrons. The molecule has 3 heteroatoms. The lowest BCUT2D eigenvalue weighted by Crippen LogP contribution is -2.41. The van der Waals surface area contributed by atoms with Crippen LogP contribution in [0.25, 0.3) is 10.8 Å². The summed E-state index contributed by atoms with van der Waals surface area (Å²) in [6, 6.07) is 12.7. The highest BCUT2D eigenvalue weighted by Gasteiger charge is 2.40. The van der Waals surface area contributed by atoms with E-state index in [2.05, 4.69) is 29.5 Å². The minimum Gasteiger partial charge on any atom is -0.427 e. The van der Waals surface area contributed by atoms with Gasteiger partial charge < -0.3 is 11.0 Å². The first-order valence-electron chi connectivity index (χ1n) is 8.37. The molecule has 2 aliphatic rings. The maximum Gasteiger partial charge on any atom is 0.258 e. The zero-order valence-electron chi connectivity index (χ0n) is 12.5. The molecule has 2 saturated heterocycles. The van der Waals surface area contributed by atoms with Crippen LogP contribution in [0, 0.1) is 0 Å². The number of nitrogens with one attached hydrogen (secondary N) is 1. The highest BCUT2D eigenvalue weighted by Crippen LogP contribution is 2.46. The first kappa shape index (κ1) is 13.1. The highest BCUT2D eigenvalue weighted by atomic mass is 14.8. The van der Waals surface area contributed by atoms with Crippen molar-refractivity contribution in [2.24, 2.45) is 0 Å². The molecule has 2 heterocycles. The summed E-state index contributed by atoms with van der Waals surface area (Å²) >= 11 is 0. The van der Waals surface area contributed by atoms with E-state index >= 15 is 0 Å². The van der Waals surface area contributed by atoms with Gasteiger partial charge in [-0.15, -0.1) is 0 Å². The molecule has 2 bridgehead atoms. The molecule has 2 fully saturated rings. The average Bonchev–Trinajstić information content (AvgIpc) is 2.47. The monoisotopic (exact) mass is 278 g/mol. The Labute approximate surface area is 127 Å². The number of benzene rings is 2. The quantitative estimate of drug-likeness (QED) is 0.603. The van der Waals surface area contributed by atoms with Crippen LogP contribution in [-0.2, 0) is 0 Å². The van der Waals surface area contributed by atoms with Crippen LogP contribution in [-0.4, -0.2) is 6.85 Å². The lowest BCUT2D eigenvalue weighted by atomic mass is 9.34. The van der Waals surface area contributed by atoms with Crippen LogP contribution in [0.1, 0.15) is 38.5 Å². The van der Waals surface area contributed by atoms with Gasteiger partial charge in [-0.2, -0.15) is 0 Å². The van der Waals surface area contributed by atoms with Crippen LogP contribution >= 0.6 is 0 Å². The third-order valence-corrected chi connectivity index (χ3v) is 5.57. The third-order valence-electron chi connectivity index (χ3n) is 5.57. The summed E-state index contributed by atoms with van der Waals surface area (Å²) in [6.45, 7) is 0.651. The largest absolute Gasteiger partial charge is 0.427 e. The van der Waals surface area contributed by atoms with Crippen molar-refractivity contribution in [3.63, 3.8) is 0 Å². The number of fused-ring (bicyclic) bond motifs is 3. The number of rotatable bonds is 2. The molecular weight excluding hydrogens is 255 g/mol. The molecule has 2 aromatic carbocycles. The zero-order chi connectivity index (χ0) is 14.2. The van der Waals surface area contributed by atoms with Crippen molar-refractivity contribution in [1.82, 2.24) is 0 Å². The molecule has 21 heavy (non-hydrogen) atoms. The maximum absolute atomic E-state index is 6.24. The Balaban J connectivity index is 1.71. The predicted molar refractivity (Wildman–Crippen MR) is 92.9 cm³/mol. The van der Waals surface area contributed by atoms with E-state index in [1.807, 2.05) is 12.1 Å². The molecule has 0 aliphatic carbocycles. The molecule has 0 atom stereocenters. The summed E-state index contributed by atoms with van der Waals surface area (Å²) < 4.78 is 0. The van der Waals surface area contributed by atoms with Gasteiger partial charge in [0, 0.05) is 16.8 Å². The maximum atomic E-state index is 6.24. The molecule has 4 rings (SSSR count). The van der Waals surface area contributed by atoms with E-state index in [1.165, 1.54) is 55.0 Å². The minimum absolute atomic E-state index is 0.651. The van der Waals surface area contributed by atoms with Crippen molar-refractivity contribution >= 4 is 29.0 Å². The van der Waals surface area contributed by atoms with Gasteiger partial charge in [0.25, 0.3) is 6.85 Å². The van der Waals surface area contributed by atoms with Gasteiger partial charge in [-0.25, -0.2) is 0 Å².